The summed E-state index contributed by atoms with van der Waals surface area (Å²) >= 11 is 1.54. The number of para-hydroxylation sites is 1. The van der Waals surface area contributed by atoms with Crippen LogP contribution in [0.25, 0.3) is 21.3 Å². The molecule has 3 heterocycles. The number of hydrogen-bond acceptors (Lipinski definition) is 6. The van der Waals surface area contributed by atoms with Gasteiger partial charge in [0.15, 0.2) is 5.65 Å². The van der Waals surface area contributed by atoms with E-state index in [1.807, 2.05) is 48.9 Å². The summed E-state index contributed by atoms with van der Waals surface area (Å²) in [6, 6.07) is 9.87. The average molecular weight is 395 g/mol. The second-order valence-electron chi connectivity index (χ2n) is 7.32. The predicted molar refractivity (Wildman–Crippen MR) is 111 cm³/mol. The molecule has 28 heavy (non-hydrogen) atoms. The van der Waals surface area contributed by atoms with Crippen LogP contribution in [-0.4, -0.2) is 25.7 Å². The van der Waals surface area contributed by atoms with Crippen molar-refractivity contribution in [2.75, 3.05) is 0 Å². The van der Waals surface area contributed by atoms with Crippen molar-refractivity contribution in [3.05, 3.63) is 52.8 Å². The van der Waals surface area contributed by atoms with Gasteiger partial charge in [-0.25, -0.2) is 19.4 Å². The van der Waals surface area contributed by atoms with E-state index in [-0.39, 0.29) is 24.5 Å². The maximum Gasteiger partial charge on any atom is 0.339 e. The van der Waals surface area contributed by atoms with E-state index in [2.05, 4.69) is 23.9 Å². The number of carbonyl (C=O) groups excluding carboxylic acids is 1. The van der Waals surface area contributed by atoms with E-state index in [0.29, 0.717) is 16.6 Å². The Balaban J connectivity index is 1.65. The molecule has 7 heteroatoms. The topological polar surface area (TPSA) is 69.9 Å². The number of aromatic nitrogens is 4. The fourth-order valence-electron chi connectivity index (χ4n) is 3.07. The summed E-state index contributed by atoms with van der Waals surface area (Å²) in [5, 5.41) is 5.92. The van der Waals surface area contributed by atoms with E-state index in [1.54, 1.807) is 6.20 Å². The largest absolute Gasteiger partial charge is 0.455 e. The van der Waals surface area contributed by atoms with E-state index in [9.17, 15) is 4.79 Å². The Hall–Kier alpha value is -2.80. The van der Waals surface area contributed by atoms with Crippen LogP contribution in [-0.2, 0) is 11.3 Å². The number of ether oxygens (including phenoxy) is 1. The van der Waals surface area contributed by atoms with Crippen LogP contribution in [0, 0.1) is 0 Å². The first-order valence-electron chi connectivity index (χ1n) is 9.33. The third kappa shape index (κ3) is 3.38. The summed E-state index contributed by atoms with van der Waals surface area (Å²) in [5.74, 6) is -0.187. The zero-order valence-corrected chi connectivity index (χ0v) is 17.2. The van der Waals surface area contributed by atoms with E-state index in [1.165, 1.54) is 11.3 Å². The van der Waals surface area contributed by atoms with Gasteiger partial charge in [-0.2, -0.15) is 5.10 Å². The molecule has 0 atom stereocenters. The lowest BCUT2D eigenvalue weighted by Crippen LogP contribution is -2.10. The average Bonchev–Trinajstić information content (AvgIpc) is 3.28. The lowest BCUT2D eigenvalue weighted by Gasteiger charge is -2.11. The minimum absolute atomic E-state index is 0.150. The lowest BCUT2D eigenvalue weighted by molar-refractivity contribution is 0.0474. The number of rotatable bonds is 5. The molecule has 0 aliphatic rings. The first-order chi connectivity index (χ1) is 13.4. The molecule has 0 spiro atoms. The van der Waals surface area contributed by atoms with E-state index in [0.717, 1.165) is 20.9 Å². The summed E-state index contributed by atoms with van der Waals surface area (Å²) < 4.78 is 8.52. The minimum Gasteiger partial charge on any atom is -0.455 e. The van der Waals surface area contributed by atoms with Crippen molar-refractivity contribution in [3.8, 4) is 0 Å². The van der Waals surface area contributed by atoms with Crippen LogP contribution in [0.15, 0.2) is 36.5 Å². The maximum atomic E-state index is 12.9. The Morgan fingerprint density at radius 1 is 1.18 bits per heavy atom. The number of fused-ring (bicyclic) bond motifs is 2. The van der Waals surface area contributed by atoms with Crippen molar-refractivity contribution in [1.82, 2.24) is 19.7 Å². The van der Waals surface area contributed by atoms with Crippen LogP contribution in [0.5, 0.6) is 0 Å². The van der Waals surface area contributed by atoms with Crippen LogP contribution in [0.3, 0.4) is 0 Å². The molecule has 0 bridgehead atoms. The van der Waals surface area contributed by atoms with Gasteiger partial charge in [0, 0.05) is 11.7 Å². The third-order valence-electron chi connectivity index (χ3n) is 4.55. The van der Waals surface area contributed by atoms with Crippen LogP contribution in [0.1, 0.15) is 60.7 Å². The van der Waals surface area contributed by atoms with Gasteiger partial charge in [-0.1, -0.05) is 26.0 Å². The molecule has 0 saturated carbocycles. The molecule has 3 aromatic heterocycles. The molecule has 0 aliphatic heterocycles. The normalized spacial score (nSPS) is 11.8. The number of benzene rings is 1. The Kier molecular flexibility index (Phi) is 4.85. The smallest absolute Gasteiger partial charge is 0.339 e. The number of nitrogens with zero attached hydrogens (tertiary/aromatic N) is 4. The number of esters is 1. The number of pyridine rings is 1. The number of carbonyl (C=O) groups is 1. The van der Waals surface area contributed by atoms with Crippen molar-refractivity contribution in [3.63, 3.8) is 0 Å². The van der Waals surface area contributed by atoms with Gasteiger partial charge in [0.25, 0.3) is 0 Å². The van der Waals surface area contributed by atoms with Crippen LogP contribution in [0.4, 0.5) is 0 Å². The number of thiazole rings is 1. The maximum absolute atomic E-state index is 12.9. The number of hydrogen-bond donors (Lipinski definition) is 0. The Morgan fingerprint density at radius 2 is 1.96 bits per heavy atom. The summed E-state index contributed by atoms with van der Waals surface area (Å²) in [4.78, 5) is 22.1. The monoisotopic (exact) mass is 394 g/mol. The van der Waals surface area contributed by atoms with Crippen molar-refractivity contribution < 1.29 is 9.53 Å². The van der Waals surface area contributed by atoms with Gasteiger partial charge in [0.2, 0.25) is 0 Å². The second kappa shape index (κ2) is 7.31. The van der Waals surface area contributed by atoms with Crippen molar-refractivity contribution in [2.45, 2.75) is 46.3 Å². The zero-order valence-electron chi connectivity index (χ0n) is 16.3. The van der Waals surface area contributed by atoms with E-state index < -0.39 is 0 Å². The van der Waals surface area contributed by atoms with Gasteiger partial charge in [0.1, 0.15) is 11.6 Å². The molecule has 0 fully saturated rings. The first kappa shape index (κ1) is 18.6. The summed E-state index contributed by atoms with van der Waals surface area (Å²) in [7, 11) is 0. The van der Waals surface area contributed by atoms with Gasteiger partial charge < -0.3 is 4.74 Å². The Labute approximate surface area is 167 Å². The van der Waals surface area contributed by atoms with Crippen molar-refractivity contribution in [1.29, 1.82) is 0 Å². The fourth-order valence-corrected chi connectivity index (χ4v) is 3.95. The Bertz CT molecular complexity index is 1130. The molecule has 0 radical (unpaired) electrons. The van der Waals surface area contributed by atoms with E-state index in [4.69, 9.17) is 9.72 Å². The molecule has 6 nitrogen and oxygen atoms in total. The molecule has 4 aromatic rings. The van der Waals surface area contributed by atoms with Crippen LogP contribution >= 0.6 is 11.3 Å². The molecule has 0 aliphatic carbocycles. The van der Waals surface area contributed by atoms with Gasteiger partial charge in [-0.05, 0) is 38.0 Å². The van der Waals surface area contributed by atoms with Gasteiger partial charge >= 0.3 is 5.97 Å². The van der Waals surface area contributed by atoms with Gasteiger partial charge in [-0.15, -0.1) is 11.3 Å². The van der Waals surface area contributed by atoms with Crippen LogP contribution in [0.2, 0.25) is 0 Å². The summed E-state index contributed by atoms with van der Waals surface area (Å²) in [5.41, 5.74) is 2.99. The third-order valence-corrected chi connectivity index (χ3v) is 5.56. The molecule has 0 amide bonds. The molecular weight excluding hydrogens is 372 g/mol. The molecule has 144 valence electrons. The van der Waals surface area contributed by atoms with Gasteiger partial charge in [-0.3, -0.25) is 0 Å². The van der Waals surface area contributed by atoms with Crippen molar-refractivity contribution in [2.24, 2.45) is 0 Å². The zero-order chi connectivity index (χ0) is 19.8. The highest BCUT2D eigenvalue weighted by atomic mass is 32.1. The van der Waals surface area contributed by atoms with Crippen LogP contribution < -0.4 is 0 Å². The molecular formula is C21H22N4O2S. The van der Waals surface area contributed by atoms with Crippen molar-refractivity contribution >= 4 is 38.6 Å². The molecule has 0 saturated heterocycles. The van der Waals surface area contributed by atoms with E-state index >= 15 is 0 Å². The Morgan fingerprint density at radius 3 is 2.68 bits per heavy atom. The highest BCUT2D eigenvalue weighted by Gasteiger charge is 2.20. The molecule has 1 aromatic carbocycles. The fraction of sp³-hybridized carbons (Fsp3) is 0.333. The second-order valence-corrected chi connectivity index (χ2v) is 8.44. The summed E-state index contributed by atoms with van der Waals surface area (Å²) in [6.07, 6.45) is 1.70. The highest BCUT2D eigenvalue weighted by molar-refractivity contribution is 7.18. The first-order valence-corrected chi connectivity index (χ1v) is 10.2. The molecule has 0 N–H and O–H groups in total. The SMILES string of the molecule is CC(C)c1cc(C(=O)OCc2nc3ccccc3s2)c2cnn(C(C)C)c2n1. The van der Waals surface area contributed by atoms with Gasteiger partial charge in [0.05, 0.1) is 27.4 Å². The highest BCUT2D eigenvalue weighted by Crippen LogP contribution is 2.26. The lowest BCUT2D eigenvalue weighted by atomic mass is 10.1. The molecule has 4 rings (SSSR count). The minimum atomic E-state index is -0.378. The molecule has 0 unspecified atom stereocenters. The predicted octanol–water partition coefficient (Wildman–Crippen LogP) is 5.10. The summed E-state index contributed by atoms with van der Waals surface area (Å²) in [6.45, 7) is 8.35. The quantitative estimate of drug-likeness (QED) is 0.440. The standard InChI is InChI=1S/C21H22N4O2S/c1-12(2)17-9-14(15-10-22-25(13(3)4)20(15)24-17)21(26)27-11-19-23-16-7-5-6-8-18(16)28-19/h5-10,12-13H,11H2,1-4H3.